The van der Waals surface area contributed by atoms with E-state index in [0.29, 0.717) is 6.54 Å². The number of aryl methyl sites for hydroxylation is 1. The lowest BCUT2D eigenvalue weighted by molar-refractivity contribution is 0.00918. The van der Waals surface area contributed by atoms with E-state index in [4.69, 9.17) is 10.5 Å². The average Bonchev–Trinajstić information content (AvgIpc) is 2.37. The van der Waals surface area contributed by atoms with Gasteiger partial charge in [0.15, 0.2) is 0 Å². The lowest BCUT2D eigenvalue weighted by Crippen LogP contribution is -2.35. The molecular weight excluding hydrogens is 198 g/mol. The second kappa shape index (κ2) is 4.56. The predicted molar refractivity (Wildman–Crippen MR) is 66.5 cm³/mol. The van der Waals surface area contributed by atoms with E-state index in [9.17, 15) is 0 Å². The Bertz CT molecular complexity index is 369. The van der Waals surface area contributed by atoms with Crippen LogP contribution in [0.5, 0.6) is 0 Å². The van der Waals surface area contributed by atoms with Crippen molar-refractivity contribution in [2.24, 2.45) is 5.73 Å². The zero-order valence-electron chi connectivity index (χ0n) is 10.3. The van der Waals surface area contributed by atoms with Gasteiger partial charge >= 0.3 is 0 Å². The van der Waals surface area contributed by atoms with Crippen LogP contribution in [0.3, 0.4) is 0 Å². The van der Waals surface area contributed by atoms with Gasteiger partial charge in [-0.2, -0.15) is 0 Å². The molecule has 0 fully saturated rings. The molecule has 0 aromatic heterocycles. The van der Waals surface area contributed by atoms with Crippen molar-refractivity contribution in [2.45, 2.75) is 38.2 Å². The Morgan fingerprint density at radius 2 is 2.06 bits per heavy atom. The summed E-state index contributed by atoms with van der Waals surface area (Å²) in [6.45, 7) is 2.61. The van der Waals surface area contributed by atoms with E-state index in [2.05, 4.69) is 25.1 Å². The highest BCUT2D eigenvalue weighted by Gasteiger charge is 2.28. The van der Waals surface area contributed by atoms with Crippen molar-refractivity contribution < 1.29 is 4.74 Å². The van der Waals surface area contributed by atoms with Gasteiger partial charge in [0, 0.05) is 13.7 Å². The fourth-order valence-electron chi connectivity index (χ4n) is 2.58. The largest absolute Gasteiger partial charge is 0.372 e. The summed E-state index contributed by atoms with van der Waals surface area (Å²) in [5, 5.41) is 0. The molecule has 2 nitrogen and oxygen atoms in total. The van der Waals surface area contributed by atoms with Gasteiger partial charge in [-0.25, -0.2) is 0 Å². The number of fused-ring (bicyclic) bond motifs is 1. The van der Waals surface area contributed by atoms with Gasteiger partial charge in [0.25, 0.3) is 0 Å². The molecule has 16 heavy (non-hydrogen) atoms. The summed E-state index contributed by atoms with van der Waals surface area (Å²) in [5.41, 5.74) is 9.78. The first kappa shape index (κ1) is 11.6. The van der Waals surface area contributed by atoms with Crippen LogP contribution in [0.2, 0.25) is 0 Å². The van der Waals surface area contributed by atoms with E-state index in [1.165, 1.54) is 42.4 Å². The van der Waals surface area contributed by atoms with E-state index in [1.54, 1.807) is 7.11 Å². The Balaban J connectivity index is 2.48. The van der Waals surface area contributed by atoms with Crippen LogP contribution in [0, 0.1) is 0 Å². The normalized spacial score (nSPS) is 18.9. The summed E-state index contributed by atoms with van der Waals surface area (Å²) in [5.74, 6) is 0. The number of benzene rings is 1. The first-order valence-corrected chi connectivity index (χ1v) is 6.08. The van der Waals surface area contributed by atoms with Gasteiger partial charge < -0.3 is 10.5 Å². The minimum Gasteiger partial charge on any atom is -0.372 e. The van der Waals surface area contributed by atoms with Crippen LogP contribution in [0.4, 0.5) is 0 Å². The number of rotatable bonds is 3. The Morgan fingerprint density at radius 1 is 1.31 bits per heavy atom. The molecule has 1 atom stereocenters. The molecule has 1 aromatic carbocycles. The second-order valence-electron chi connectivity index (χ2n) is 4.79. The molecule has 0 spiro atoms. The van der Waals surface area contributed by atoms with Gasteiger partial charge in [-0.15, -0.1) is 0 Å². The summed E-state index contributed by atoms with van der Waals surface area (Å²) < 4.78 is 5.61. The highest BCUT2D eigenvalue weighted by molar-refractivity contribution is 5.40. The highest BCUT2D eigenvalue weighted by atomic mass is 16.5. The van der Waals surface area contributed by atoms with Crippen LogP contribution in [-0.4, -0.2) is 13.7 Å². The van der Waals surface area contributed by atoms with E-state index in [-0.39, 0.29) is 5.60 Å². The molecule has 0 aliphatic heterocycles. The molecule has 0 amide bonds. The van der Waals surface area contributed by atoms with Gasteiger partial charge in [-0.3, -0.25) is 0 Å². The van der Waals surface area contributed by atoms with Crippen molar-refractivity contribution in [1.29, 1.82) is 0 Å². The van der Waals surface area contributed by atoms with E-state index in [0.717, 1.165) is 0 Å². The van der Waals surface area contributed by atoms with E-state index >= 15 is 0 Å². The van der Waals surface area contributed by atoms with Gasteiger partial charge in [-0.05, 0) is 49.3 Å². The van der Waals surface area contributed by atoms with Crippen LogP contribution in [-0.2, 0) is 23.2 Å². The van der Waals surface area contributed by atoms with Crippen molar-refractivity contribution in [3.63, 3.8) is 0 Å². The fraction of sp³-hybridized carbons (Fsp3) is 0.571. The van der Waals surface area contributed by atoms with Crippen molar-refractivity contribution in [2.75, 3.05) is 13.7 Å². The summed E-state index contributed by atoms with van der Waals surface area (Å²) in [7, 11) is 1.75. The first-order valence-electron chi connectivity index (χ1n) is 6.08. The fourth-order valence-corrected chi connectivity index (χ4v) is 2.58. The molecule has 0 heterocycles. The van der Waals surface area contributed by atoms with E-state index in [1.807, 2.05) is 0 Å². The Kier molecular flexibility index (Phi) is 3.31. The Labute approximate surface area is 97.8 Å². The molecule has 1 aliphatic carbocycles. The first-order chi connectivity index (χ1) is 7.71. The number of nitrogens with two attached hydrogens (primary N) is 1. The number of methoxy groups -OCH3 is 1. The second-order valence-corrected chi connectivity index (χ2v) is 4.79. The minimum absolute atomic E-state index is 0.331. The molecule has 0 radical (unpaired) electrons. The maximum atomic E-state index is 5.86. The molecule has 1 aromatic rings. The van der Waals surface area contributed by atoms with Crippen LogP contribution in [0.25, 0.3) is 0 Å². The predicted octanol–water partition coefficient (Wildman–Crippen LogP) is 2.39. The minimum atomic E-state index is -0.331. The third kappa shape index (κ3) is 1.87. The standard InChI is InChI=1S/C14H21NO/c1-14(10-15,16-2)13-9-5-7-11-6-3-4-8-12(11)13/h5,7,9H,3-4,6,8,10,15H2,1-2H3. The van der Waals surface area contributed by atoms with Gasteiger partial charge in [-0.1, -0.05) is 18.2 Å². The van der Waals surface area contributed by atoms with E-state index < -0.39 is 0 Å². The summed E-state index contributed by atoms with van der Waals surface area (Å²) in [4.78, 5) is 0. The molecule has 1 unspecified atom stereocenters. The zero-order valence-corrected chi connectivity index (χ0v) is 10.3. The monoisotopic (exact) mass is 219 g/mol. The van der Waals surface area contributed by atoms with Crippen molar-refractivity contribution in [3.05, 3.63) is 34.9 Å². The molecule has 88 valence electrons. The highest BCUT2D eigenvalue weighted by Crippen LogP contribution is 2.32. The lowest BCUT2D eigenvalue weighted by atomic mass is 9.82. The van der Waals surface area contributed by atoms with Crippen LogP contribution in [0.1, 0.15) is 36.5 Å². The van der Waals surface area contributed by atoms with Crippen molar-refractivity contribution >= 4 is 0 Å². The lowest BCUT2D eigenvalue weighted by Gasteiger charge is -2.31. The topological polar surface area (TPSA) is 35.2 Å². The number of ether oxygens (including phenoxy) is 1. The molecule has 2 rings (SSSR count). The molecular formula is C14H21NO. The van der Waals surface area contributed by atoms with Crippen LogP contribution in [0.15, 0.2) is 18.2 Å². The summed E-state index contributed by atoms with van der Waals surface area (Å²) in [6.07, 6.45) is 4.97. The third-order valence-corrected chi connectivity index (χ3v) is 3.81. The van der Waals surface area contributed by atoms with Crippen molar-refractivity contribution in [3.8, 4) is 0 Å². The van der Waals surface area contributed by atoms with Crippen LogP contribution >= 0.6 is 0 Å². The molecule has 2 N–H and O–H groups in total. The summed E-state index contributed by atoms with van der Waals surface area (Å²) >= 11 is 0. The number of hydrogen-bond acceptors (Lipinski definition) is 2. The van der Waals surface area contributed by atoms with Crippen LogP contribution < -0.4 is 5.73 Å². The Morgan fingerprint density at radius 3 is 2.75 bits per heavy atom. The molecule has 0 bridgehead atoms. The SMILES string of the molecule is COC(C)(CN)c1cccc2c1CCCC2. The summed E-state index contributed by atoms with van der Waals surface area (Å²) in [6, 6.07) is 6.54. The molecule has 0 saturated carbocycles. The third-order valence-electron chi connectivity index (χ3n) is 3.81. The van der Waals surface area contributed by atoms with Gasteiger partial charge in [0.05, 0.1) is 0 Å². The molecule has 2 heteroatoms. The smallest absolute Gasteiger partial charge is 0.102 e. The number of hydrogen-bond donors (Lipinski definition) is 1. The Hall–Kier alpha value is -0.860. The maximum absolute atomic E-state index is 5.86. The zero-order chi connectivity index (χ0) is 11.6. The van der Waals surface area contributed by atoms with Gasteiger partial charge in [0.1, 0.15) is 5.60 Å². The quantitative estimate of drug-likeness (QED) is 0.847. The van der Waals surface area contributed by atoms with Crippen molar-refractivity contribution in [1.82, 2.24) is 0 Å². The molecule has 0 saturated heterocycles. The molecule has 1 aliphatic rings. The maximum Gasteiger partial charge on any atom is 0.102 e. The van der Waals surface area contributed by atoms with Gasteiger partial charge in [0.2, 0.25) is 0 Å². The average molecular weight is 219 g/mol.